The maximum Gasteiger partial charge on any atom is 0.305 e. The van der Waals surface area contributed by atoms with Crippen molar-refractivity contribution in [2.45, 2.75) is 41.0 Å². The van der Waals surface area contributed by atoms with E-state index in [0.717, 1.165) is 39.3 Å². The zero-order valence-corrected chi connectivity index (χ0v) is 20.8. The number of esters is 1. The molecular formula is C22H48N4O5. The summed E-state index contributed by atoms with van der Waals surface area (Å²) in [5.41, 5.74) is 0. The van der Waals surface area contributed by atoms with Gasteiger partial charge in [0, 0.05) is 52.2 Å². The van der Waals surface area contributed by atoms with Crippen molar-refractivity contribution in [3.05, 3.63) is 0 Å². The van der Waals surface area contributed by atoms with Crippen LogP contribution in [0.2, 0.25) is 0 Å². The lowest BCUT2D eigenvalue weighted by molar-refractivity contribution is -0.143. The van der Waals surface area contributed by atoms with Crippen LogP contribution in [0.1, 0.15) is 41.0 Å². The van der Waals surface area contributed by atoms with Crippen LogP contribution in [0.4, 0.5) is 0 Å². The topological polar surface area (TPSA) is 92.4 Å². The maximum atomic E-state index is 12.0. The van der Waals surface area contributed by atoms with Crippen molar-refractivity contribution in [3.63, 3.8) is 0 Å². The third kappa shape index (κ3) is 20.4. The SMILES string of the molecule is CC.CC.CCC(=O)OCCN1CCN(CC(=O)NCCOCCOCCNC)CC1. The van der Waals surface area contributed by atoms with Gasteiger partial charge in [0.1, 0.15) is 6.61 Å². The molecular weight excluding hydrogens is 400 g/mol. The smallest absolute Gasteiger partial charge is 0.305 e. The Morgan fingerprint density at radius 3 is 1.90 bits per heavy atom. The van der Waals surface area contributed by atoms with E-state index in [4.69, 9.17) is 14.2 Å². The highest BCUT2D eigenvalue weighted by Crippen LogP contribution is 2.01. The molecule has 2 N–H and O–H groups in total. The van der Waals surface area contributed by atoms with Gasteiger partial charge in [-0.25, -0.2) is 0 Å². The van der Waals surface area contributed by atoms with Crippen molar-refractivity contribution in [1.29, 1.82) is 0 Å². The van der Waals surface area contributed by atoms with Gasteiger partial charge < -0.3 is 24.8 Å². The van der Waals surface area contributed by atoms with Crippen LogP contribution in [-0.4, -0.2) is 114 Å². The first-order valence-corrected chi connectivity index (χ1v) is 11.8. The van der Waals surface area contributed by atoms with Crippen molar-refractivity contribution >= 4 is 11.9 Å². The minimum atomic E-state index is -0.157. The monoisotopic (exact) mass is 448 g/mol. The van der Waals surface area contributed by atoms with Crippen molar-refractivity contribution < 1.29 is 23.8 Å². The lowest BCUT2D eigenvalue weighted by atomic mass is 10.3. The number of hydrogen-bond acceptors (Lipinski definition) is 8. The Morgan fingerprint density at radius 2 is 1.35 bits per heavy atom. The number of carbonyl (C=O) groups is 2. The Hall–Kier alpha value is -1.26. The van der Waals surface area contributed by atoms with E-state index in [1.165, 1.54) is 0 Å². The van der Waals surface area contributed by atoms with Crippen LogP contribution in [-0.2, 0) is 23.8 Å². The summed E-state index contributed by atoms with van der Waals surface area (Å²) in [6.07, 6.45) is 0.415. The molecule has 186 valence electrons. The van der Waals surface area contributed by atoms with E-state index in [1.54, 1.807) is 6.92 Å². The first-order chi connectivity index (χ1) is 15.2. The number of rotatable bonds is 15. The van der Waals surface area contributed by atoms with E-state index in [1.807, 2.05) is 34.7 Å². The van der Waals surface area contributed by atoms with Crippen molar-refractivity contribution in [2.75, 3.05) is 92.4 Å². The normalized spacial score (nSPS) is 14.0. The van der Waals surface area contributed by atoms with E-state index in [2.05, 4.69) is 20.4 Å². The minimum Gasteiger partial charge on any atom is -0.464 e. The van der Waals surface area contributed by atoms with Gasteiger partial charge in [0.25, 0.3) is 0 Å². The molecule has 0 atom stereocenters. The van der Waals surface area contributed by atoms with Gasteiger partial charge in [-0.1, -0.05) is 34.6 Å². The fraction of sp³-hybridized carbons (Fsp3) is 0.909. The van der Waals surface area contributed by atoms with Crippen molar-refractivity contribution in [1.82, 2.24) is 20.4 Å². The van der Waals surface area contributed by atoms with Gasteiger partial charge in [-0.05, 0) is 7.05 Å². The molecule has 0 bridgehead atoms. The second-order valence-corrected chi connectivity index (χ2v) is 6.37. The van der Waals surface area contributed by atoms with E-state index >= 15 is 0 Å². The first-order valence-electron chi connectivity index (χ1n) is 11.8. The summed E-state index contributed by atoms with van der Waals surface area (Å²) in [5, 5.41) is 5.88. The van der Waals surface area contributed by atoms with E-state index in [0.29, 0.717) is 52.5 Å². The van der Waals surface area contributed by atoms with E-state index in [9.17, 15) is 9.59 Å². The molecule has 0 aromatic carbocycles. The van der Waals surface area contributed by atoms with Gasteiger partial charge in [0.05, 0.1) is 33.0 Å². The molecule has 0 saturated carbocycles. The predicted molar refractivity (Wildman–Crippen MR) is 125 cm³/mol. The van der Waals surface area contributed by atoms with Crippen molar-refractivity contribution in [3.8, 4) is 0 Å². The van der Waals surface area contributed by atoms with Gasteiger partial charge in [-0.15, -0.1) is 0 Å². The molecule has 0 aliphatic carbocycles. The zero-order valence-electron chi connectivity index (χ0n) is 20.8. The molecule has 0 radical (unpaired) electrons. The van der Waals surface area contributed by atoms with Crippen LogP contribution in [0.3, 0.4) is 0 Å². The van der Waals surface area contributed by atoms with E-state index < -0.39 is 0 Å². The number of likely N-dealkylation sites (N-methyl/N-ethyl adjacent to an activating group) is 1. The summed E-state index contributed by atoms with van der Waals surface area (Å²) in [6.45, 7) is 18.5. The summed E-state index contributed by atoms with van der Waals surface area (Å²) in [7, 11) is 1.88. The summed E-state index contributed by atoms with van der Waals surface area (Å²) in [6, 6.07) is 0. The Balaban J connectivity index is 0. The molecule has 31 heavy (non-hydrogen) atoms. The minimum absolute atomic E-state index is 0.0224. The number of nitrogens with zero attached hydrogens (tertiary/aromatic N) is 2. The summed E-state index contributed by atoms with van der Waals surface area (Å²) >= 11 is 0. The van der Waals surface area contributed by atoms with Crippen LogP contribution < -0.4 is 10.6 Å². The Labute approximate surface area is 190 Å². The average molecular weight is 449 g/mol. The van der Waals surface area contributed by atoms with Gasteiger partial charge >= 0.3 is 5.97 Å². The third-order valence-corrected chi connectivity index (χ3v) is 4.23. The van der Waals surface area contributed by atoms with Gasteiger partial charge in [-0.3, -0.25) is 19.4 Å². The summed E-state index contributed by atoms with van der Waals surface area (Å²) in [4.78, 5) is 27.5. The van der Waals surface area contributed by atoms with Crippen LogP contribution in [0.25, 0.3) is 0 Å². The molecule has 1 aliphatic heterocycles. The number of amides is 1. The molecule has 1 rings (SSSR count). The molecule has 0 aromatic rings. The Bertz CT molecular complexity index is 405. The highest BCUT2D eigenvalue weighted by atomic mass is 16.5. The maximum absolute atomic E-state index is 12.0. The second kappa shape index (κ2) is 25.0. The molecule has 1 heterocycles. The number of ether oxygens (including phenoxy) is 3. The zero-order chi connectivity index (χ0) is 23.7. The molecule has 0 aromatic heterocycles. The number of piperazine rings is 1. The molecule has 9 nitrogen and oxygen atoms in total. The largest absolute Gasteiger partial charge is 0.464 e. The number of hydrogen-bond donors (Lipinski definition) is 2. The third-order valence-electron chi connectivity index (χ3n) is 4.23. The molecule has 1 saturated heterocycles. The van der Waals surface area contributed by atoms with Crippen LogP contribution in [0.15, 0.2) is 0 Å². The summed E-state index contributed by atoms with van der Waals surface area (Å²) in [5.74, 6) is -0.134. The number of carbonyl (C=O) groups excluding carboxylic acids is 2. The second-order valence-electron chi connectivity index (χ2n) is 6.37. The van der Waals surface area contributed by atoms with Gasteiger partial charge in [-0.2, -0.15) is 0 Å². The standard InChI is InChI=1S/C18H36N4O5.2C2H6/c1-3-18(24)27-13-10-21-6-8-22(9-7-21)16-17(23)20-5-12-26-15-14-25-11-4-19-2;2*1-2/h19H,3-16H2,1-2H3,(H,20,23);2*1-2H3. The highest BCUT2D eigenvalue weighted by molar-refractivity contribution is 5.78. The molecule has 1 aliphatic rings. The lowest BCUT2D eigenvalue weighted by Gasteiger charge is -2.34. The van der Waals surface area contributed by atoms with Crippen LogP contribution >= 0.6 is 0 Å². The highest BCUT2D eigenvalue weighted by Gasteiger charge is 2.18. The Kier molecular flexibility index (Phi) is 25.7. The molecule has 1 amide bonds. The van der Waals surface area contributed by atoms with Crippen molar-refractivity contribution in [2.24, 2.45) is 0 Å². The van der Waals surface area contributed by atoms with Crippen LogP contribution in [0, 0.1) is 0 Å². The molecule has 0 unspecified atom stereocenters. The van der Waals surface area contributed by atoms with Crippen LogP contribution in [0.5, 0.6) is 0 Å². The molecule has 9 heteroatoms. The summed E-state index contributed by atoms with van der Waals surface area (Å²) < 4.78 is 15.9. The van der Waals surface area contributed by atoms with Gasteiger partial charge in [0.15, 0.2) is 0 Å². The predicted octanol–water partition coefficient (Wildman–Crippen LogP) is 0.978. The Morgan fingerprint density at radius 1 is 0.806 bits per heavy atom. The quantitative estimate of drug-likeness (QED) is 0.283. The lowest BCUT2D eigenvalue weighted by Crippen LogP contribution is -2.50. The molecule has 0 spiro atoms. The first kappa shape index (κ1) is 31.9. The fourth-order valence-corrected chi connectivity index (χ4v) is 2.58. The van der Waals surface area contributed by atoms with Gasteiger partial charge in [0.2, 0.25) is 5.91 Å². The number of nitrogens with one attached hydrogen (secondary N) is 2. The molecule has 1 fully saturated rings. The van der Waals surface area contributed by atoms with E-state index in [-0.39, 0.29) is 11.9 Å². The average Bonchev–Trinajstić information content (AvgIpc) is 2.81. The fourth-order valence-electron chi connectivity index (χ4n) is 2.58.